The summed E-state index contributed by atoms with van der Waals surface area (Å²) in [5, 5.41) is 2.27. The maximum Gasteiger partial charge on any atom is 0.116 e. The lowest BCUT2D eigenvalue weighted by atomic mass is 10.4. The summed E-state index contributed by atoms with van der Waals surface area (Å²) in [6.07, 6.45) is 2.49. The molecular formula is C9H22N5+. The number of rotatable bonds is 2. The molecule has 2 aliphatic rings. The summed E-state index contributed by atoms with van der Waals surface area (Å²) >= 11 is 0. The normalized spacial score (nSPS) is 29.6. The van der Waals surface area contributed by atoms with Gasteiger partial charge in [0.15, 0.2) is 0 Å². The van der Waals surface area contributed by atoms with Crippen LogP contribution >= 0.6 is 0 Å². The lowest BCUT2D eigenvalue weighted by Gasteiger charge is -2.37. The van der Waals surface area contributed by atoms with E-state index in [4.69, 9.17) is 5.84 Å². The Balaban J connectivity index is 1.79. The zero-order valence-corrected chi connectivity index (χ0v) is 9.08. The minimum atomic E-state index is 0.545. The number of likely N-dealkylation sites (N-methyl/N-ethyl adjacent to an activating group) is 1. The minimum absolute atomic E-state index is 0.545. The van der Waals surface area contributed by atoms with Crippen LogP contribution in [0.2, 0.25) is 0 Å². The van der Waals surface area contributed by atoms with Gasteiger partial charge in [0.05, 0.1) is 0 Å². The van der Waals surface area contributed by atoms with Crippen molar-refractivity contribution < 1.29 is 4.70 Å². The van der Waals surface area contributed by atoms with Gasteiger partial charge in [-0.05, 0) is 7.05 Å². The Kier molecular flexibility index (Phi) is 3.04. The van der Waals surface area contributed by atoms with E-state index in [-0.39, 0.29) is 0 Å². The standard InChI is InChI=1S/C9H22N5/c1-12-4-6-13(7-5-12)11-14(10)8-2-3-9-14/h11H,2-10H2,1H3/q+1. The van der Waals surface area contributed by atoms with Gasteiger partial charge >= 0.3 is 0 Å². The highest BCUT2D eigenvalue weighted by Crippen LogP contribution is 2.11. The van der Waals surface area contributed by atoms with Gasteiger partial charge in [0.1, 0.15) is 13.1 Å². The number of piperazine rings is 1. The molecule has 0 saturated carbocycles. The lowest BCUT2D eigenvalue weighted by Crippen LogP contribution is -2.68. The van der Waals surface area contributed by atoms with Crippen molar-refractivity contribution in [2.75, 3.05) is 46.3 Å². The average Bonchev–Trinajstić information content (AvgIpc) is 2.57. The highest BCUT2D eigenvalue weighted by atomic mass is 15.9. The van der Waals surface area contributed by atoms with Crippen molar-refractivity contribution >= 4 is 0 Å². The summed E-state index contributed by atoms with van der Waals surface area (Å²) in [4.78, 5) is 2.35. The van der Waals surface area contributed by atoms with Gasteiger partial charge in [-0.15, -0.1) is 0 Å². The van der Waals surface area contributed by atoms with E-state index in [1.807, 2.05) is 0 Å². The first-order valence-electron chi connectivity index (χ1n) is 5.55. The largest absolute Gasteiger partial charge is 0.304 e. The van der Waals surface area contributed by atoms with E-state index in [0.29, 0.717) is 4.70 Å². The van der Waals surface area contributed by atoms with E-state index in [1.54, 1.807) is 0 Å². The number of hydrogen-bond donors (Lipinski definition) is 2. The summed E-state index contributed by atoms with van der Waals surface area (Å²) in [7, 11) is 2.17. The Morgan fingerprint density at radius 3 is 2.21 bits per heavy atom. The molecule has 2 heterocycles. The molecule has 5 heteroatoms. The number of nitrogens with one attached hydrogen (secondary N) is 1. The van der Waals surface area contributed by atoms with Crippen LogP contribution in [0.1, 0.15) is 12.8 Å². The van der Waals surface area contributed by atoms with E-state index >= 15 is 0 Å². The number of nitrogens with two attached hydrogens (primary N) is 1. The Labute approximate surface area is 85.9 Å². The van der Waals surface area contributed by atoms with E-state index in [1.165, 1.54) is 12.8 Å². The molecule has 0 atom stereocenters. The van der Waals surface area contributed by atoms with Crippen LogP contribution in [0.5, 0.6) is 0 Å². The number of hydrazine groups is 1. The van der Waals surface area contributed by atoms with Gasteiger partial charge < -0.3 is 4.90 Å². The van der Waals surface area contributed by atoms with Gasteiger partial charge in [0.25, 0.3) is 0 Å². The third kappa shape index (κ3) is 2.43. The SMILES string of the molecule is CN1CCN(N[N+]2(N)CCCC2)CC1. The van der Waals surface area contributed by atoms with Gasteiger partial charge in [-0.1, -0.05) is 5.53 Å². The fourth-order valence-corrected chi connectivity index (χ4v) is 2.19. The van der Waals surface area contributed by atoms with Crippen LogP contribution in [0.3, 0.4) is 0 Å². The molecule has 0 bridgehead atoms. The maximum atomic E-state index is 6.20. The molecule has 3 N–H and O–H groups in total. The monoisotopic (exact) mass is 200 g/mol. The molecule has 82 valence electrons. The predicted octanol–water partition coefficient (Wildman–Crippen LogP) is -0.862. The van der Waals surface area contributed by atoms with Crippen molar-refractivity contribution in [3.63, 3.8) is 0 Å². The van der Waals surface area contributed by atoms with Gasteiger partial charge in [-0.2, -0.15) is 15.6 Å². The summed E-state index contributed by atoms with van der Waals surface area (Å²) < 4.78 is 0.545. The first-order chi connectivity index (χ1) is 6.68. The number of hydrogen-bond acceptors (Lipinski definition) is 4. The summed E-state index contributed by atoms with van der Waals surface area (Å²) in [6, 6.07) is 0. The molecule has 2 saturated heterocycles. The summed E-state index contributed by atoms with van der Waals surface area (Å²) in [5.41, 5.74) is 3.44. The van der Waals surface area contributed by atoms with Gasteiger partial charge in [0, 0.05) is 39.0 Å². The van der Waals surface area contributed by atoms with Crippen LogP contribution in [0.25, 0.3) is 0 Å². The van der Waals surface area contributed by atoms with Crippen molar-refractivity contribution in [2.45, 2.75) is 12.8 Å². The molecule has 0 aromatic heterocycles. The molecule has 0 aromatic carbocycles. The highest BCUT2D eigenvalue weighted by molar-refractivity contribution is 4.64. The second-order valence-corrected chi connectivity index (χ2v) is 4.58. The maximum absolute atomic E-state index is 6.20. The molecule has 0 radical (unpaired) electrons. The third-order valence-electron chi connectivity index (χ3n) is 3.21. The van der Waals surface area contributed by atoms with Crippen LogP contribution < -0.4 is 11.4 Å². The van der Waals surface area contributed by atoms with E-state index in [0.717, 1.165) is 39.3 Å². The van der Waals surface area contributed by atoms with Crippen molar-refractivity contribution in [3.8, 4) is 0 Å². The third-order valence-corrected chi connectivity index (χ3v) is 3.21. The van der Waals surface area contributed by atoms with Crippen LogP contribution in [0, 0.1) is 0 Å². The van der Waals surface area contributed by atoms with E-state index in [9.17, 15) is 0 Å². The molecular weight excluding hydrogens is 178 g/mol. The molecule has 14 heavy (non-hydrogen) atoms. The summed E-state index contributed by atoms with van der Waals surface area (Å²) in [5.74, 6) is 6.20. The van der Waals surface area contributed by atoms with Crippen molar-refractivity contribution in [3.05, 3.63) is 0 Å². The van der Waals surface area contributed by atoms with E-state index < -0.39 is 0 Å². The molecule has 5 nitrogen and oxygen atoms in total. The second kappa shape index (κ2) is 4.12. The van der Waals surface area contributed by atoms with Crippen molar-refractivity contribution in [1.29, 1.82) is 0 Å². The lowest BCUT2D eigenvalue weighted by molar-refractivity contribution is -0.984. The average molecular weight is 200 g/mol. The fourth-order valence-electron chi connectivity index (χ4n) is 2.19. The molecule has 2 rings (SSSR count). The van der Waals surface area contributed by atoms with Crippen LogP contribution in [-0.2, 0) is 0 Å². The van der Waals surface area contributed by atoms with Gasteiger partial charge in [-0.25, -0.2) is 0 Å². The Bertz CT molecular complexity index is 182. The Morgan fingerprint density at radius 1 is 1.07 bits per heavy atom. The van der Waals surface area contributed by atoms with Crippen LogP contribution in [-0.4, -0.2) is 60.9 Å². The molecule has 2 fully saturated rings. The highest BCUT2D eigenvalue weighted by Gasteiger charge is 2.31. The molecule has 0 aliphatic carbocycles. The molecule has 0 unspecified atom stereocenters. The molecule has 0 aromatic rings. The second-order valence-electron chi connectivity index (χ2n) is 4.58. The molecule has 2 aliphatic heterocycles. The first kappa shape index (κ1) is 10.3. The van der Waals surface area contributed by atoms with E-state index in [2.05, 4.69) is 22.5 Å². The Hall–Kier alpha value is -0.200. The zero-order valence-electron chi connectivity index (χ0n) is 9.08. The predicted molar refractivity (Wildman–Crippen MR) is 55.6 cm³/mol. The van der Waals surface area contributed by atoms with Gasteiger partial charge in [-0.3, -0.25) is 0 Å². The smallest absolute Gasteiger partial charge is 0.116 e. The van der Waals surface area contributed by atoms with Crippen LogP contribution in [0.4, 0.5) is 0 Å². The number of nitrogens with zero attached hydrogens (tertiary/aromatic N) is 3. The zero-order chi connectivity index (χ0) is 10.0. The number of quaternary nitrogens is 1. The minimum Gasteiger partial charge on any atom is -0.304 e. The van der Waals surface area contributed by atoms with Crippen molar-refractivity contribution in [1.82, 2.24) is 15.4 Å². The van der Waals surface area contributed by atoms with Crippen molar-refractivity contribution in [2.24, 2.45) is 5.84 Å². The molecule has 0 amide bonds. The Morgan fingerprint density at radius 2 is 1.64 bits per heavy atom. The van der Waals surface area contributed by atoms with Crippen LogP contribution in [0.15, 0.2) is 0 Å². The van der Waals surface area contributed by atoms with Gasteiger partial charge in [0.2, 0.25) is 0 Å². The first-order valence-corrected chi connectivity index (χ1v) is 5.55. The molecule has 0 spiro atoms. The summed E-state index contributed by atoms with van der Waals surface area (Å²) in [6.45, 7) is 6.54. The topological polar surface area (TPSA) is 44.5 Å². The quantitative estimate of drug-likeness (QED) is 0.450. The fraction of sp³-hybridized carbons (Fsp3) is 1.00.